The zero-order valence-corrected chi connectivity index (χ0v) is 9.63. The van der Waals surface area contributed by atoms with Crippen molar-refractivity contribution in [3.8, 4) is 0 Å². The minimum Gasteiger partial charge on any atom is -0.464 e. The van der Waals surface area contributed by atoms with E-state index >= 15 is 0 Å². The molecule has 0 heterocycles. The number of hydrazine groups is 1. The maximum atomic E-state index is 10.5. The van der Waals surface area contributed by atoms with E-state index in [-0.39, 0.29) is 11.5 Å². The van der Waals surface area contributed by atoms with Crippen molar-refractivity contribution in [3.05, 3.63) is 0 Å². The highest BCUT2D eigenvalue weighted by molar-refractivity contribution is 5.63. The van der Waals surface area contributed by atoms with Crippen LogP contribution in [-0.2, 0) is 0 Å². The Morgan fingerprint density at radius 1 is 1.40 bits per heavy atom. The third-order valence-corrected chi connectivity index (χ3v) is 5.15. The van der Waals surface area contributed by atoms with Crippen molar-refractivity contribution in [1.29, 1.82) is 0 Å². The summed E-state index contributed by atoms with van der Waals surface area (Å²) in [5.74, 6) is 0.732. The van der Waals surface area contributed by atoms with Crippen LogP contribution in [0.1, 0.15) is 40.0 Å². The maximum Gasteiger partial charge on any atom is 0.419 e. The van der Waals surface area contributed by atoms with Crippen LogP contribution in [0.2, 0.25) is 0 Å². The normalized spacial score (nSPS) is 41.8. The van der Waals surface area contributed by atoms with Gasteiger partial charge in [0.05, 0.1) is 0 Å². The van der Waals surface area contributed by atoms with Crippen molar-refractivity contribution in [2.75, 3.05) is 0 Å². The van der Waals surface area contributed by atoms with Crippen molar-refractivity contribution < 1.29 is 9.90 Å². The molecule has 0 aromatic rings. The molecule has 2 rings (SSSR count). The van der Waals surface area contributed by atoms with Gasteiger partial charge in [-0.3, -0.25) is 5.43 Å². The first-order valence-electron chi connectivity index (χ1n) is 5.62. The van der Waals surface area contributed by atoms with E-state index in [1.807, 2.05) is 0 Å². The molecule has 3 unspecified atom stereocenters. The van der Waals surface area contributed by atoms with Gasteiger partial charge in [-0.2, -0.15) is 0 Å². The summed E-state index contributed by atoms with van der Waals surface area (Å²) in [6.45, 7) is 6.90. The highest BCUT2D eigenvalue weighted by Crippen LogP contribution is 2.65. The Morgan fingerprint density at radius 2 is 2.07 bits per heavy atom. The van der Waals surface area contributed by atoms with Crippen LogP contribution < -0.4 is 10.9 Å². The zero-order chi connectivity index (χ0) is 11.3. The fraction of sp³-hybridized carbons (Fsp3) is 0.909. The summed E-state index contributed by atoms with van der Waals surface area (Å²) < 4.78 is 0. The van der Waals surface area contributed by atoms with Gasteiger partial charge < -0.3 is 5.11 Å². The van der Waals surface area contributed by atoms with Gasteiger partial charge in [0.15, 0.2) is 0 Å². The van der Waals surface area contributed by atoms with E-state index in [1.54, 1.807) is 0 Å². The molecule has 3 N–H and O–H groups in total. The van der Waals surface area contributed by atoms with Gasteiger partial charge in [-0.25, -0.2) is 10.2 Å². The number of nitrogens with one attached hydrogen (secondary N) is 2. The molecule has 0 spiro atoms. The third kappa shape index (κ3) is 1.34. The minimum absolute atomic E-state index is 0.222. The molecule has 4 heteroatoms. The number of rotatable bonds is 2. The van der Waals surface area contributed by atoms with Gasteiger partial charge in [0.25, 0.3) is 0 Å². The molecule has 15 heavy (non-hydrogen) atoms. The minimum atomic E-state index is -1.00. The first-order valence-corrected chi connectivity index (χ1v) is 5.62. The topological polar surface area (TPSA) is 61.4 Å². The van der Waals surface area contributed by atoms with Crippen molar-refractivity contribution in [3.63, 3.8) is 0 Å². The predicted molar refractivity (Wildman–Crippen MR) is 57.3 cm³/mol. The molecule has 1 amide bonds. The summed E-state index contributed by atoms with van der Waals surface area (Å²) in [6, 6.07) is 0.280. The number of carbonyl (C=O) groups is 1. The molecule has 0 aromatic heterocycles. The second kappa shape index (κ2) is 3.11. The van der Waals surface area contributed by atoms with Crippen LogP contribution in [0.3, 0.4) is 0 Å². The molecule has 2 aliphatic rings. The van der Waals surface area contributed by atoms with Gasteiger partial charge in [-0.05, 0) is 36.0 Å². The van der Waals surface area contributed by atoms with Gasteiger partial charge in [0.1, 0.15) is 0 Å². The molecule has 4 nitrogen and oxygen atoms in total. The molecule has 2 aliphatic carbocycles. The molecule has 2 bridgehead atoms. The summed E-state index contributed by atoms with van der Waals surface area (Å²) in [5.41, 5.74) is 5.81. The smallest absolute Gasteiger partial charge is 0.419 e. The van der Waals surface area contributed by atoms with Gasteiger partial charge in [0, 0.05) is 6.04 Å². The number of carboxylic acid groups (broad SMARTS) is 1. The van der Waals surface area contributed by atoms with E-state index in [0.29, 0.717) is 5.41 Å². The number of fused-ring (bicyclic) bond motifs is 2. The second-order valence-corrected chi connectivity index (χ2v) is 5.74. The Balaban J connectivity index is 2.09. The van der Waals surface area contributed by atoms with Gasteiger partial charge >= 0.3 is 6.09 Å². The van der Waals surface area contributed by atoms with Crippen LogP contribution in [0.5, 0.6) is 0 Å². The molecule has 2 saturated carbocycles. The van der Waals surface area contributed by atoms with Crippen molar-refractivity contribution in [1.82, 2.24) is 10.9 Å². The highest BCUT2D eigenvalue weighted by atomic mass is 16.4. The van der Waals surface area contributed by atoms with Crippen molar-refractivity contribution >= 4 is 6.09 Å². The van der Waals surface area contributed by atoms with Crippen molar-refractivity contribution in [2.45, 2.75) is 46.1 Å². The van der Waals surface area contributed by atoms with E-state index in [9.17, 15) is 4.79 Å². The lowest BCUT2D eigenvalue weighted by Gasteiger charge is -2.39. The van der Waals surface area contributed by atoms with Crippen LogP contribution >= 0.6 is 0 Å². The molecule has 0 aliphatic heterocycles. The van der Waals surface area contributed by atoms with E-state index in [4.69, 9.17) is 5.11 Å². The highest BCUT2D eigenvalue weighted by Gasteiger charge is 2.61. The third-order valence-electron chi connectivity index (χ3n) is 5.15. The standard InChI is InChI=1S/C11H20N2O2/c1-10(2)7-4-5-11(10,3)8(6-7)12-13-9(14)15/h7-8,12-13H,4-6H2,1-3H3,(H,14,15). The first-order chi connectivity index (χ1) is 6.88. The lowest BCUT2D eigenvalue weighted by molar-refractivity contribution is 0.111. The number of hydrogen-bond acceptors (Lipinski definition) is 2. The molecule has 0 radical (unpaired) electrons. The molecular formula is C11H20N2O2. The largest absolute Gasteiger partial charge is 0.464 e. The Bertz CT molecular complexity index is 290. The molecule has 2 fully saturated rings. The van der Waals surface area contributed by atoms with Crippen LogP contribution in [0.4, 0.5) is 4.79 Å². The molecule has 0 aromatic carbocycles. The summed E-state index contributed by atoms with van der Waals surface area (Å²) in [7, 11) is 0. The SMILES string of the molecule is CC1(C)C2CCC1(C)C(NNC(=O)O)C2. The van der Waals surface area contributed by atoms with Crippen LogP contribution in [0.15, 0.2) is 0 Å². The van der Waals surface area contributed by atoms with Gasteiger partial charge in [-0.1, -0.05) is 20.8 Å². The van der Waals surface area contributed by atoms with Crippen LogP contribution in [0.25, 0.3) is 0 Å². The molecule has 0 saturated heterocycles. The average molecular weight is 212 g/mol. The molecule has 86 valence electrons. The lowest BCUT2D eigenvalue weighted by atomic mass is 9.69. The Morgan fingerprint density at radius 3 is 2.47 bits per heavy atom. The second-order valence-electron chi connectivity index (χ2n) is 5.74. The van der Waals surface area contributed by atoms with Crippen LogP contribution in [-0.4, -0.2) is 17.2 Å². The van der Waals surface area contributed by atoms with E-state index < -0.39 is 6.09 Å². The van der Waals surface area contributed by atoms with Gasteiger partial charge in [-0.15, -0.1) is 0 Å². The Hall–Kier alpha value is -0.770. The zero-order valence-electron chi connectivity index (χ0n) is 9.63. The lowest BCUT2D eigenvalue weighted by Crippen LogP contribution is -2.51. The maximum absolute atomic E-state index is 10.5. The first kappa shape index (κ1) is 10.7. The summed E-state index contributed by atoms with van der Waals surface area (Å²) >= 11 is 0. The van der Waals surface area contributed by atoms with E-state index in [2.05, 4.69) is 31.6 Å². The average Bonchev–Trinajstić information content (AvgIpc) is 2.46. The Labute approximate surface area is 90.4 Å². The van der Waals surface area contributed by atoms with Crippen LogP contribution in [0, 0.1) is 16.7 Å². The van der Waals surface area contributed by atoms with E-state index in [1.165, 1.54) is 12.8 Å². The Kier molecular flexibility index (Phi) is 2.23. The molecular weight excluding hydrogens is 192 g/mol. The summed E-state index contributed by atoms with van der Waals surface area (Å²) in [5, 5.41) is 8.58. The summed E-state index contributed by atoms with van der Waals surface area (Å²) in [4.78, 5) is 10.5. The fourth-order valence-electron chi connectivity index (χ4n) is 3.57. The fourth-order valence-corrected chi connectivity index (χ4v) is 3.57. The van der Waals surface area contributed by atoms with Gasteiger partial charge in [0.2, 0.25) is 0 Å². The van der Waals surface area contributed by atoms with Crippen molar-refractivity contribution in [2.24, 2.45) is 16.7 Å². The molecule has 3 atom stereocenters. The van der Waals surface area contributed by atoms with E-state index in [0.717, 1.165) is 12.3 Å². The predicted octanol–water partition coefficient (Wildman–Crippen LogP) is 1.97. The summed E-state index contributed by atoms with van der Waals surface area (Å²) in [6.07, 6.45) is 2.57. The number of hydrogen-bond donors (Lipinski definition) is 3. The number of amides is 1. The monoisotopic (exact) mass is 212 g/mol. The quantitative estimate of drug-likeness (QED) is 0.613.